The van der Waals surface area contributed by atoms with Gasteiger partial charge >= 0.3 is 0 Å². The smallest absolute Gasteiger partial charge is 0.217 e. The number of rotatable bonds is 5. The van der Waals surface area contributed by atoms with Crippen molar-refractivity contribution >= 4 is 11.6 Å². The molecule has 0 fully saturated rings. The SMILES string of the molecule is CCCCOc1ncccc1CCl. The molecule has 0 aromatic carbocycles. The van der Waals surface area contributed by atoms with Gasteiger partial charge in [0.25, 0.3) is 0 Å². The Labute approximate surface area is 83.9 Å². The first-order valence-electron chi connectivity index (χ1n) is 4.51. The van der Waals surface area contributed by atoms with Gasteiger partial charge in [0, 0.05) is 11.8 Å². The molecule has 0 saturated carbocycles. The van der Waals surface area contributed by atoms with Gasteiger partial charge < -0.3 is 4.74 Å². The highest BCUT2D eigenvalue weighted by molar-refractivity contribution is 6.17. The van der Waals surface area contributed by atoms with Crippen molar-refractivity contribution in [2.24, 2.45) is 0 Å². The third kappa shape index (κ3) is 3.23. The normalized spacial score (nSPS) is 10.0. The number of nitrogens with zero attached hydrogens (tertiary/aromatic N) is 1. The Morgan fingerprint density at radius 1 is 1.54 bits per heavy atom. The Kier molecular flexibility index (Phi) is 4.61. The van der Waals surface area contributed by atoms with Crippen molar-refractivity contribution in [2.45, 2.75) is 25.6 Å². The lowest BCUT2D eigenvalue weighted by Gasteiger charge is -2.06. The lowest BCUT2D eigenvalue weighted by atomic mass is 10.3. The highest BCUT2D eigenvalue weighted by atomic mass is 35.5. The van der Waals surface area contributed by atoms with Gasteiger partial charge in [-0.2, -0.15) is 0 Å². The topological polar surface area (TPSA) is 22.1 Å². The van der Waals surface area contributed by atoms with Crippen LogP contribution >= 0.6 is 11.6 Å². The van der Waals surface area contributed by atoms with Crippen LogP contribution in [0.1, 0.15) is 25.3 Å². The summed E-state index contributed by atoms with van der Waals surface area (Å²) in [5.41, 5.74) is 0.959. The Bertz CT molecular complexity index is 252. The molecule has 0 N–H and O–H groups in total. The molecular weight excluding hydrogens is 186 g/mol. The summed E-state index contributed by atoms with van der Waals surface area (Å²) in [7, 11) is 0. The molecule has 0 spiro atoms. The summed E-state index contributed by atoms with van der Waals surface area (Å²) < 4.78 is 5.47. The van der Waals surface area contributed by atoms with Crippen LogP contribution in [0.4, 0.5) is 0 Å². The second kappa shape index (κ2) is 5.81. The molecule has 0 aliphatic rings. The number of ether oxygens (including phenoxy) is 1. The lowest BCUT2D eigenvalue weighted by molar-refractivity contribution is 0.295. The number of aromatic nitrogens is 1. The number of unbranched alkanes of at least 4 members (excludes halogenated alkanes) is 1. The number of hydrogen-bond donors (Lipinski definition) is 0. The summed E-state index contributed by atoms with van der Waals surface area (Å²) in [5.74, 6) is 1.13. The van der Waals surface area contributed by atoms with E-state index in [1.165, 1.54) is 0 Å². The highest BCUT2D eigenvalue weighted by Crippen LogP contribution is 2.16. The second-order valence-electron chi connectivity index (χ2n) is 2.80. The molecule has 0 aliphatic carbocycles. The lowest BCUT2D eigenvalue weighted by Crippen LogP contribution is -2.00. The Morgan fingerprint density at radius 3 is 3.08 bits per heavy atom. The minimum atomic E-state index is 0.454. The van der Waals surface area contributed by atoms with Gasteiger partial charge in [-0.1, -0.05) is 19.4 Å². The second-order valence-corrected chi connectivity index (χ2v) is 3.07. The number of pyridine rings is 1. The van der Waals surface area contributed by atoms with E-state index in [1.54, 1.807) is 6.20 Å². The zero-order valence-corrected chi connectivity index (χ0v) is 8.55. The number of hydrogen-bond acceptors (Lipinski definition) is 2. The zero-order valence-electron chi connectivity index (χ0n) is 7.79. The van der Waals surface area contributed by atoms with Crippen LogP contribution in [0.15, 0.2) is 18.3 Å². The van der Waals surface area contributed by atoms with Crippen molar-refractivity contribution in [3.05, 3.63) is 23.9 Å². The van der Waals surface area contributed by atoms with Crippen LogP contribution in [0.3, 0.4) is 0 Å². The van der Waals surface area contributed by atoms with Crippen molar-refractivity contribution in [1.29, 1.82) is 0 Å². The van der Waals surface area contributed by atoms with Crippen LogP contribution in [-0.2, 0) is 5.88 Å². The van der Waals surface area contributed by atoms with Crippen molar-refractivity contribution in [1.82, 2.24) is 4.98 Å². The number of alkyl halides is 1. The Balaban J connectivity index is 2.54. The number of halogens is 1. The molecule has 1 heterocycles. The van der Waals surface area contributed by atoms with Gasteiger partial charge in [0.2, 0.25) is 5.88 Å². The van der Waals surface area contributed by atoms with Gasteiger partial charge in [0.15, 0.2) is 0 Å². The van der Waals surface area contributed by atoms with Crippen LogP contribution in [0.2, 0.25) is 0 Å². The fourth-order valence-corrected chi connectivity index (χ4v) is 1.17. The standard InChI is InChI=1S/C10H14ClNO/c1-2-3-7-13-10-9(8-11)5-4-6-12-10/h4-6H,2-3,7-8H2,1H3. The molecule has 0 bridgehead atoms. The first kappa shape index (κ1) is 10.3. The molecule has 0 atom stereocenters. The van der Waals surface area contributed by atoms with Gasteiger partial charge in [-0.15, -0.1) is 11.6 Å². The van der Waals surface area contributed by atoms with E-state index in [2.05, 4.69) is 11.9 Å². The van der Waals surface area contributed by atoms with Crippen molar-refractivity contribution in [2.75, 3.05) is 6.61 Å². The minimum absolute atomic E-state index is 0.454. The molecule has 0 saturated heterocycles. The summed E-state index contributed by atoms with van der Waals surface area (Å²) in [5, 5.41) is 0. The molecule has 0 radical (unpaired) electrons. The van der Waals surface area contributed by atoms with Gasteiger partial charge in [0.1, 0.15) is 0 Å². The predicted octanol–water partition coefficient (Wildman–Crippen LogP) is 3.00. The molecule has 1 rings (SSSR count). The Hall–Kier alpha value is -0.760. The van der Waals surface area contributed by atoms with Gasteiger partial charge in [-0.25, -0.2) is 4.98 Å². The maximum Gasteiger partial charge on any atom is 0.217 e. The van der Waals surface area contributed by atoms with Crippen LogP contribution in [0, 0.1) is 0 Å². The first-order chi connectivity index (χ1) is 6.38. The summed E-state index contributed by atoms with van der Waals surface area (Å²) in [6, 6.07) is 3.80. The molecule has 0 unspecified atom stereocenters. The van der Waals surface area contributed by atoms with E-state index < -0.39 is 0 Å². The average molecular weight is 200 g/mol. The van der Waals surface area contributed by atoms with E-state index >= 15 is 0 Å². The van der Waals surface area contributed by atoms with Crippen LogP contribution < -0.4 is 4.74 Å². The van der Waals surface area contributed by atoms with E-state index in [0.717, 1.165) is 25.0 Å². The highest BCUT2D eigenvalue weighted by Gasteiger charge is 2.01. The average Bonchev–Trinajstić information content (AvgIpc) is 2.19. The molecule has 1 aromatic rings. The molecule has 13 heavy (non-hydrogen) atoms. The third-order valence-electron chi connectivity index (χ3n) is 1.73. The van der Waals surface area contributed by atoms with Gasteiger partial charge in [-0.05, 0) is 12.5 Å². The van der Waals surface area contributed by atoms with Gasteiger partial charge in [-0.3, -0.25) is 0 Å². The van der Waals surface area contributed by atoms with Gasteiger partial charge in [0.05, 0.1) is 12.5 Å². The summed E-state index contributed by atoms with van der Waals surface area (Å²) in [6.45, 7) is 2.85. The quantitative estimate of drug-likeness (QED) is 0.537. The summed E-state index contributed by atoms with van der Waals surface area (Å²) >= 11 is 5.72. The summed E-state index contributed by atoms with van der Waals surface area (Å²) in [6.07, 6.45) is 3.90. The third-order valence-corrected chi connectivity index (χ3v) is 2.02. The largest absolute Gasteiger partial charge is 0.477 e. The minimum Gasteiger partial charge on any atom is -0.477 e. The molecular formula is C10H14ClNO. The van der Waals surface area contributed by atoms with Crippen LogP contribution in [0.5, 0.6) is 5.88 Å². The molecule has 0 aliphatic heterocycles. The van der Waals surface area contributed by atoms with Crippen LogP contribution in [0.25, 0.3) is 0 Å². The van der Waals surface area contributed by atoms with Crippen molar-refractivity contribution in [3.63, 3.8) is 0 Å². The maximum atomic E-state index is 5.72. The van der Waals surface area contributed by atoms with Crippen LogP contribution in [-0.4, -0.2) is 11.6 Å². The van der Waals surface area contributed by atoms with E-state index in [0.29, 0.717) is 11.8 Å². The van der Waals surface area contributed by atoms with E-state index in [9.17, 15) is 0 Å². The molecule has 3 heteroatoms. The first-order valence-corrected chi connectivity index (χ1v) is 5.04. The summed E-state index contributed by atoms with van der Waals surface area (Å²) in [4.78, 5) is 4.11. The molecule has 2 nitrogen and oxygen atoms in total. The fraction of sp³-hybridized carbons (Fsp3) is 0.500. The van der Waals surface area contributed by atoms with Crippen molar-refractivity contribution in [3.8, 4) is 5.88 Å². The van der Waals surface area contributed by atoms with E-state index in [4.69, 9.17) is 16.3 Å². The molecule has 72 valence electrons. The molecule has 1 aromatic heterocycles. The van der Waals surface area contributed by atoms with E-state index in [1.807, 2.05) is 12.1 Å². The predicted molar refractivity (Wildman–Crippen MR) is 54.2 cm³/mol. The zero-order chi connectivity index (χ0) is 9.52. The monoisotopic (exact) mass is 199 g/mol. The Morgan fingerprint density at radius 2 is 2.38 bits per heavy atom. The molecule has 0 amide bonds. The fourth-order valence-electron chi connectivity index (χ4n) is 0.969. The van der Waals surface area contributed by atoms with E-state index in [-0.39, 0.29) is 0 Å². The van der Waals surface area contributed by atoms with Crippen molar-refractivity contribution < 1.29 is 4.74 Å². The maximum absolute atomic E-state index is 5.72.